The fourth-order valence-corrected chi connectivity index (χ4v) is 3.33. The number of carbonyl (C=O) groups excluding carboxylic acids is 1. The Labute approximate surface area is 169 Å². The predicted molar refractivity (Wildman–Crippen MR) is 113 cm³/mol. The van der Waals surface area contributed by atoms with Gasteiger partial charge in [-0.1, -0.05) is 48.5 Å². The number of aromatic nitrogens is 4. The molecule has 6 nitrogen and oxygen atoms in total. The van der Waals surface area contributed by atoms with Gasteiger partial charge in [-0.15, -0.1) is 0 Å². The molecule has 0 saturated heterocycles. The van der Waals surface area contributed by atoms with Gasteiger partial charge in [-0.2, -0.15) is 10.2 Å². The van der Waals surface area contributed by atoms with Gasteiger partial charge >= 0.3 is 0 Å². The van der Waals surface area contributed by atoms with Gasteiger partial charge in [-0.25, -0.2) is 4.68 Å². The molecule has 0 aliphatic heterocycles. The summed E-state index contributed by atoms with van der Waals surface area (Å²) in [6.07, 6.45) is 3.72. The van der Waals surface area contributed by atoms with E-state index < -0.39 is 0 Å². The van der Waals surface area contributed by atoms with Crippen molar-refractivity contribution in [2.45, 2.75) is 26.9 Å². The van der Waals surface area contributed by atoms with E-state index in [1.165, 1.54) is 0 Å². The van der Waals surface area contributed by atoms with Crippen molar-refractivity contribution in [1.82, 2.24) is 24.9 Å². The van der Waals surface area contributed by atoms with Gasteiger partial charge in [0, 0.05) is 30.4 Å². The lowest BCUT2D eigenvalue weighted by Crippen LogP contribution is -2.23. The minimum absolute atomic E-state index is 0.146. The van der Waals surface area contributed by atoms with E-state index in [0.717, 1.165) is 29.1 Å². The molecule has 0 radical (unpaired) electrons. The molecule has 29 heavy (non-hydrogen) atoms. The van der Waals surface area contributed by atoms with Gasteiger partial charge in [0.15, 0.2) is 0 Å². The van der Waals surface area contributed by atoms with Crippen LogP contribution in [-0.2, 0) is 13.1 Å². The van der Waals surface area contributed by atoms with Crippen LogP contribution in [0.4, 0.5) is 0 Å². The molecule has 1 N–H and O–H groups in total. The van der Waals surface area contributed by atoms with Crippen molar-refractivity contribution in [1.29, 1.82) is 0 Å². The lowest BCUT2D eigenvalue weighted by atomic mass is 10.1. The van der Waals surface area contributed by atoms with E-state index in [1.807, 2.05) is 90.1 Å². The van der Waals surface area contributed by atoms with Gasteiger partial charge in [0.05, 0.1) is 23.1 Å². The SMILES string of the molecule is CCn1cc(CNC(=O)c2c(-c3ccccc3)nn(-c3ccccc3)c2C)cn1. The van der Waals surface area contributed by atoms with E-state index in [1.54, 1.807) is 6.20 Å². The second kappa shape index (κ2) is 8.14. The molecule has 0 saturated carbocycles. The molecular weight excluding hydrogens is 362 g/mol. The third-order valence-electron chi connectivity index (χ3n) is 4.86. The maximum absolute atomic E-state index is 13.2. The number of hydrogen-bond acceptors (Lipinski definition) is 3. The summed E-state index contributed by atoms with van der Waals surface area (Å²) in [6, 6.07) is 19.7. The molecule has 6 heteroatoms. The van der Waals surface area contributed by atoms with Crippen LogP contribution in [0.5, 0.6) is 0 Å². The topological polar surface area (TPSA) is 64.7 Å². The number of hydrogen-bond donors (Lipinski definition) is 1. The highest BCUT2D eigenvalue weighted by atomic mass is 16.1. The van der Waals surface area contributed by atoms with Crippen LogP contribution in [0.25, 0.3) is 16.9 Å². The third kappa shape index (κ3) is 3.82. The maximum Gasteiger partial charge on any atom is 0.255 e. The monoisotopic (exact) mass is 385 g/mol. The molecule has 0 atom stereocenters. The molecule has 4 rings (SSSR count). The van der Waals surface area contributed by atoms with Crippen molar-refractivity contribution < 1.29 is 4.79 Å². The average Bonchev–Trinajstić information content (AvgIpc) is 3.37. The van der Waals surface area contributed by atoms with Crippen LogP contribution in [-0.4, -0.2) is 25.5 Å². The number of rotatable bonds is 6. The molecule has 146 valence electrons. The number of nitrogens with zero attached hydrogens (tertiary/aromatic N) is 4. The summed E-state index contributed by atoms with van der Waals surface area (Å²) in [5, 5.41) is 12.1. The third-order valence-corrected chi connectivity index (χ3v) is 4.86. The summed E-state index contributed by atoms with van der Waals surface area (Å²) >= 11 is 0. The Bertz CT molecular complexity index is 1110. The lowest BCUT2D eigenvalue weighted by molar-refractivity contribution is 0.0951. The molecule has 2 aromatic carbocycles. The highest BCUT2D eigenvalue weighted by molar-refractivity contribution is 6.01. The summed E-state index contributed by atoms with van der Waals surface area (Å²) in [5.41, 5.74) is 4.86. The van der Waals surface area contributed by atoms with Gasteiger partial charge in [0.2, 0.25) is 0 Å². The van der Waals surface area contributed by atoms with Crippen LogP contribution in [0, 0.1) is 6.92 Å². The minimum Gasteiger partial charge on any atom is -0.348 e. The molecule has 4 aromatic rings. The zero-order valence-corrected chi connectivity index (χ0v) is 16.5. The Morgan fingerprint density at radius 1 is 1.03 bits per heavy atom. The number of nitrogens with one attached hydrogen (secondary N) is 1. The lowest BCUT2D eigenvalue weighted by Gasteiger charge is -2.06. The average molecular weight is 385 g/mol. The molecular formula is C23H23N5O. The van der Waals surface area contributed by atoms with Crippen LogP contribution in [0.15, 0.2) is 73.1 Å². The van der Waals surface area contributed by atoms with Gasteiger partial charge < -0.3 is 5.32 Å². The fourth-order valence-electron chi connectivity index (χ4n) is 3.33. The van der Waals surface area contributed by atoms with E-state index in [2.05, 4.69) is 10.4 Å². The largest absolute Gasteiger partial charge is 0.348 e. The summed E-state index contributed by atoms with van der Waals surface area (Å²) in [5.74, 6) is -0.146. The summed E-state index contributed by atoms with van der Waals surface area (Å²) in [7, 11) is 0. The Balaban J connectivity index is 1.70. The molecule has 0 unspecified atom stereocenters. The number of benzene rings is 2. The van der Waals surface area contributed by atoms with E-state index in [0.29, 0.717) is 17.8 Å². The molecule has 2 aromatic heterocycles. The number of aryl methyl sites for hydroxylation is 1. The second-order valence-corrected chi connectivity index (χ2v) is 6.81. The first kappa shape index (κ1) is 18.7. The predicted octanol–water partition coefficient (Wildman–Crippen LogP) is 3.99. The van der Waals surface area contributed by atoms with Gasteiger partial charge in [0.25, 0.3) is 5.91 Å². The van der Waals surface area contributed by atoms with E-state index in [-0.39, 0.29) is 5.91 Å². The second-order valence-electron chi connectivity index (χ2n) is 6.81. The van der Waals surface area contributed by atoms with Gasteiger partial charge in [-0.3, -0.25) is 9.48 Å². The molecule has 1 amide bonds. The first-order chi connectivity index (χ1) is 14.2. The summed E-state index contributed by atoms with van der Waals surface area (Å²) in [4.78, 5) is 13.2. The molecule has 0 fully saturated rings. The molecule has 0 spiro atoms. The highest BCUT2D eigenvalue weighted by Crippen LogP contribution is 2.27. The Kier molecular flexibility index (Phi) is 5.24. The van der Waals surface area contributed by atoms with Crippen LogP contribution in [0.2, 0.25) is 0 Å². The Morgan fingerprint density at radius 3 is 2.38 bits per heavy atom. The molecule has 0 aliphatic carbocycles. The van der Waals surface area contributed by atoms with E-state index in [9.17, 15) is 4.79 Å². The Morgan fingerprint density at radius 2 is 1.72 bits per heavy atom. The van der Waals surface area contributed by atoms with Gasteiger partial charge in [-0.05, 0) is 26.0 Å². The quantitative estimate of drug-likeness (QED) is 0.546. The van der Waals surface area contributed by atoms with E-state index >= 15 is 0 Å². The van der Waals surface area contributed by atoms with Crippen molar-refractivity contribution in [3.05, 3.63) is 89.9 Å². The van der Waals surface area contributed by atoms with Gasteiger partial charge in [0.1, 0.15) is 5.69 Å². The molecule has 2 heterocycles. The Hall–Kier alpha value is -3.67. The van der Waals surface area contributed by atoms with Crippen molar-refractivity contribution in [2.75, 3.05) is 0 Å². The number of carbonyl (C=O) groups is 1. The standard InChI is InChI=1S/C23H23N5O/c1-3-27-16-18(15-25-27)14-24-23(29)21-17(2)28(20-12-8-5-9-13-20)26-22(21)19-10-6-4-7-11-19/h4-13,15-16H,3,14H2,1-2H3,(H,24,29). The van der Waals surface area contributed by atoms with Crippen molar-refractivity contribution >= 4 is 5.91 Å². The maximum atomic E-state index is 13.2. The van der Waals surface area contributed by atoms with Crippen LogP contribution < -0.4 is 5.32 Å². The zero-order valence-electron chi connectivity index (χ0n) is 16.5. The highest BCUT2D eigenvalue weighted by Gasteiger charge is 2.23. The zero-order chi connectivity index (χ0) is 20.2. The normalized spacial score (nSPS) is 10.8. The van der Waals surface area contributed by atoms with Crippen molar-refractivity contribution in [3.63, 3.8) is 0 Å². The van der Waals surface area contributed by atoms with Crippen LogP contribution >= 0.6 is 0 Å². The number of para-hydroxylation sites is 1. The van der Waals surface area contributed by atoms with Crippen LogP contribution in [0.3, 0.4) is 0 Å². The van der Waals surface area contributed by atoms with E-state index in [4.69, 9.17) is 5.10 Å². The smallest absolute Gasteiger partial charge is 0.255 e. The fraction of sp³-hybridized carbons (Fsp3) is 0.174. The van der Waals surface area contributed by atoms with Crippen molar-refractivity contribution in [2.24, 2.45) is 0 Å². The molecule has 0 aliphatic rings. The minimum atomic E-state index is -0.146. The summed E-state index contributed by atoms with van der Waals surface area (Å²) < 4.78 is 3.67. The van der Waals surface area contributed by atoms with Crippen molar-refractivity contribution in [3.8, 4) is 16.9 Å². The first-order valence-electron chi connectivity index (χ1n) is 9.67. The first-order valence-corrected chi connectivity index (χ1v) is 9.67. The summed E-state index contributed by atoms with van der Waals surface area (Å²) in [6.45, 7) is 5.18. The molecule has 0 bridgehead atoms. The van der Waals surface area contributed by atoms with Crippen LogP contribution in [0.1, 0.15) is 28.5 Å². The number of amides is 1.